The van der Waals surface area contributed by atoms with Crippen LogP contribution in [0.2, 0.25) is 0 Å². The number of nitrogens with one attached hydrogen (secondary N) is 1. The van der Waals surface area contributed by atoms with E-state index in [0.717, 1.165) is 0 Å². The molecule has 1 aromatic rings. The molecule has 0 unspecified atom stereocenters. The van der Waals surface area contributed by atoms with Gasteiger partial charge in [0.1, 0.15) is 4.90 Å². The van der Waals surface area contributed by atoms with Gasteiger partial charge in [-0.25, -0.2) is 8.42 Å². The van der Waals surface area contributed by atoms with Gasteiger partial charge in [0.15, 0.2) is 0 Å². The zero-order chi connectivity index (χ0) is 14.6. The molecule has 108 valence electrons. The first kappa shape index (κ1) is 15.9. The van der Waals surface area contributed by atoms with Gasteiger partial charge in [0.25, 0.3) is 0 Å². The fourth-order valence-electron chi connectivity index (χ4n) is 1.83. The van der Waals surface area contributed by atoms with E-state index < -0.39 is 15.5 Å². The summed E-state index contributed by atoms with van der Waals surface area (Å²) < 4.78 is 26.5. The van der Waals surface area contributed by atoms with Gasteiger partial charge < -0.3 is 4.98 Å². The summed E-state index contributed by atoms with van der Waals surface area (Å²) in [6.45, 7) is 8.65. The maximum Gasteiger partial charge on any atom is 0.248 e. The second-order valence-corrected chi connectivity index (χ2v) is 7.39. The molecular weight excluding hydrogens is 264 g/mol. The quantitative estimate of drug-likeness (QED) is 0.865. The van der Waals surface area contributed by atoms with Gasteiger partial charge in [-0.1, -0.05) is 27.7 Å². The highest BCUT2D eigenvalue weighted by molar-refractivity contribution is 7.89. The van der Waals surface area contributed by atoms with Crippen molar-refractivity contribution in [3.05, 3.63) is 28.7 Å². The molecule has 0 fully saturated rings. The number of sulfonamides is 1. The van der Waals surface area contributed by atoms with Crippen LogP contribution >= 0.6 is 0 Å². The maximum atomic E-state index is 12.5. The van der Waals surface area contributed by atoms with Crippen LogP contribution in [0.4, 0.5) is 0 Å². The molecule has 6 heteroatoms. The van der Waals surface area contributed by atoms with Gasteiger partial charge in [0.05, 0.1) is 0 Å². The first-order valence-corrected chi connectivity index (χ1v) is 7.86. The lowest BCUT2D eigenvalue weighted by Crippen LogP contribution is -2.38. The summed E-state index contributed by atoms with van der Waals surface area (Å²) in [5, 5.41) is 0. The van der Waals surface area contributed by atoms with Gasteiger partial charge in [-0.3, -0.25) is 4.79 Å². The number of aromatic amines is 1. The summed E-state index contributed by atoms with van der Waals surface area (Å²) in [5.41, 5.74) is -0.476. The molecule has 0 bridgehead atoms. The van der Waals surface area contributed by atoms with Crippen LogP contribution in [0.25, 0.3) is 0 Å². The molecule has 0 aliphatic rings. The Balaban J connectivity index is 3.20. The summed E-state index contributed by atoms with van der Waals surface area (Å²) in [6, 6.07) is 1.23. The average molecular weight is 286 g/mol. The fourth-order valence-corrected chi connectivity index (χ4v) is 3.63. The summed E-state index contributed by atoms with van der Waals surface area (Å²) >= 11 is 0. The predicted molar refractivity (Wildman–Crippen MR) is 75.5 cm³/mol. The summed E-state index contributed by atoms with van der Waals surface area (Å²) in [4.78, 5) is 14.2. The molecule has 0 spiro atoms. The third-order valence-electron chi connectivity index (χ3n) is 2.54. The summed E-state index contributed by atoms with van der Waals surface area (Å²) in [5.74, 6) is 0.410. The summed E-state index contributed by atoms with van der Waals surface area (Å²) in [6.07, 6.45) is 2.68. The lowest BCUT2D eigenvalue weighted by atomic mass is 10.2. The minimum atomic E-state index is -3.73. The van der Waals surface area contributed by atoms with Crippen LogP contribution in [-0.2, 0) is 10.0 Å². The van der Waals surface area contributed by atoms with Crippen molar-refractivity contribution < 1.29 is 8.42 Å². The number of nitrogens with zero attached hydrogens (tertiary/aromatic N) is 1. The minimum Gasteiger partial charge on any atom is -0.366 e. The number of H-pyrrole nitrogens is 1. The summed E-state index contributed by atoms with van der Waals surface area (Å²) in [7, 11) is -3.73. The largest absolute Gasteiger partial charge is 0.366 e. The normalized spacial score (nSPS) is 12.6. The molecule has 1 N–H and O–H groups in total. The van der Waals surface area contributed by atoms with Crippen LogP contribution in [0, 0.1) is 11.8 Å². The molecule has 0 atom stereocenters. The van der Waals surface area contributed by atoms with Gasteiger partial charge in [-0.15, -0.1) is 0 Å². The lowest BCUT2D eigenvalue weighted by molar-refractivity contribution is 0.333. The monoisotopic (exact) mass is 286 g/mol. The van der Waals surface area contributed by atoms with E-state index >= 15 is 0 Å². The number of hydrogen-bond acceptors (Lipinski definition) is 3. The standard InChI is InChI=1S/C13H22N2O3S/c1-10(2)8-15(9-11(3)4)19(17,18)13-7-14-6-5-12(13)16/h5-7,10-11H,8-9H2,1-4H3,(H,14,16). The molecule has 5 nitrogen and oxygen atoms in total. The van der Waals surface area contributed by atoms with Crippen molar-refractivity contribution in [2.75, 3.05) is 13.1 Å². The third-order valence-corrected chi connectivity index (χ3v) is 4.40. The van der Waals surface area contributed by atoms with Crippen LogP contribution in [0.5, 0.6) is 0 Å². The number of hydrogen-bond donors (Lipinski definition) is 1. The highest BCUT2D eigenvalue weighted by Gasteiger charge is 2.27. The average Bonchev–Trinajstić information content (AvgIpc) is 2.27. The molecule has 19 heavy (non-hydrogen) atoms. The molecular formula is C13H22N2O3S. The van der Waals surface area contributed by atoms with Crippen molar-refractivity contribution in [3.63, 3.8) is 0 Å². The second-order valence-electron chi connectivity index (χ2n) is 5.48. The Kier molecular flexibility index (Phi) is 5.31. The highest BCUT2D eigenvalue weighted by atomic mass is 32.2. The Bertz CT molecular complexity index is 551. The zero-order valence-corrected chi connectivity index (χ0v) is 12.7. The Hall–Kier alpha value is -1.14. The second kappa shape index (κ2) is 6.34. The van der Waals surface area contributed by atoms with Gasteiger partial charge >= 0.3 is 0 Å². The van der Waals surface area contributed by atoms with E-state index in [1.54, 1.807) is 0 Å². The van der Waals surface area contributed by atoms with Crippen LogP contribution in [-0.4, -0.2) is 30.8 Å². The smallest absolute Gasteiger partial charge is 0.248 e. The van der Waals surface area contributed by atoms with Crippen LogP contribution < -0.4 is 5.43 Å². The van der Waals surface area contributed by atoms with Crippen molar-refractivity contribution in [3.8, 4) is 0 Å². The van der Waals surface area contributed by atoms with Gasteiger partial charge in [-0.2, -0.15) is 4.31 Å². The third kappa shape index (κ3) is 4.18. The molecule has 0 aliphatic carbocycles. The Morgan fingerprint density at radius 3 is 2.11 bits per heavy atom. The predicted octanol–water partition coefficient (Wildman–Crippen LogP) is 1.68. The first-order chi connectivity index (χ1) is 8.75. The lowest BCUT2D eigenvalue weighted by Gasteiger charge is -2.25. The maximum absolute atomic E-state index is 12.5. The van der Waals surface area contributed by atoms with Gasteiger partial charge in [0, 0.05) is 31.5 Å². The highest BCUT2D eigenvalue weighted by Crippen LogP contribution is 2.15. The van der Waals surface area contributed by atoms with Crippen molar-refractivity contribution in [1.82, 2.24) is 9.29 Å². The molecule has 0 saturated heterocycles. The van der Waals surface area contributed by atoms with Crippen LogP contribution in [0.3, 0.4) is 0 Å². The van der Waals surface area contributed by atoms with Crippen LogP contribution in [0.1, 0.15) is 27.7 Å². The molecule has 1 heterocycles. The molecule has 0 radical (unpaired) electrons. The van der Waals surface area contributed by atoms with Gasteiger partial charge in [0.2, 0.25) is 15.5 Å². The van der Waals surface area contributed by atoms with Crippen molar-refractivity contribution in [2.24, 2.45) is 11.8 Å². The van der Waals surface area contributed by atoms with E-state index in [4.69, 9.17) is 0 Å². The SMILES string of the molecule is CC(C)CN(CC(C)C)S(=O)(=O)c1c[nH]ccc1=O. The molecule has 0 saturated carbocycles. The number of aromatic nitrogens is 1. The van der Waals surface area contributed by atoms with E-state index in [2.05, 4.69) is 4.98 Å². The topological polar surface area (TPSA) is 70.2 Å². The van der Waals surface area contributed by atoms with E-state index in [1.807, 2.05) is 27.7 Å². The fraction of sp³-hybridized carbons (Fsp3) is 0.615. The van der Waals surface area contributed by atoms with E-state index in [0.29, 0.717) is 13.1 Å². The number of rotatable bonds is 6. The Morgan fingerprint density at radius 1 is 1.16 bits per heavy atom. The Labute approximate surface area is 114 Å². The zero-order valence-electron chi connectivity index (χ0n) is 11.9. The molecule has 0 amide bonds. The molecule has 0 aliphatic heterocycles. The molecule has 0 aromatic carbocycles. The van der Waals surface area contributed by atoms with E-state index in [1.165, 1.54) is 22.8 Å². The molecule has 1 aromatic heterocycles. The van der Waals surface area contributed by atoms with E-state index in [-0.39, 0.29) is 16.7 Å². The minimum absolute atomic E-state index is 0.184. The van der Waals surface area contributed by atoms with E-state index in [9.17, 15) is 13.2 Å². The van der Waals surface area contributed by atoms with Crippen molar-refractivity contribution in [1.29, 1.82) is 0 Å². The van der Waals surface area contributed by atoms with Crippen LogP contribution in [0.15, 0.2) is 28.2 Å². The first-order valence-electron chi connectivity index (χ1n) is 6.42. The Morgan fingerprint density at radius 2 is 1.68 bits per heavy atom. The van der Waals surface area contributed by atoms with Gasteiger partial charge in [-0.05, 0) is 11.8 Å². The van der Waals surface area contributed by atoms with Crippen molar-refractivity contribution in [2.45, 2.75) is 32.6 Å². The number of pyridine rings is 1. The molecule has 1 rings (SSSR count). The van der Waals surface area contributed by atoms with Crippen molar-refractivity contribution >= 4 is 10.0 Å².